The molecule has 0 amide bonds. The molecule has 3 aromatic heterocycles. The van der Waals surface area contributed by atoms with Gasteiger partial charge in [-0.2, -0.15) is 5.10 Å². The summed E-state index contributed by atoms with van der Waals surface area (Å²) in [6.07, 6.45) is 8.90. The highest BCUT2D eigenvalue weighted by Gasteiger charge is 2.31. The van der Waals surface area contributed by atoms with E-state index in [1.165, 1.54) is 11.3 Å². The molecule has 1 saturated carbocycles. The van der Waals surface area contributed by atoms with E-state index in [1.807, 2.05) is 13.2 Å². The molecule has 3 aromatic rings. The maximum Gasteiger partial charge on any atom is 0.228 e. The van der Waals surface area contributed by atoms with Gasteiger partial charge in [-0.3, -0.25) is 4.68 Å². The summed E-state index contributed by atoms with van der Waals surface area (Å²) in [7, 11) is -1.66. The van der Waals surface area contributed by atoms with Crippen molar-refractivity contribution in [2.45, 2.75) is 29.8 Å². The molecule has 1 fully saturated rings. The molecule has 3 heterocycles. The number of thiazole rings is 1. The van der Waals surface area contributed by atoms with Gasteiger partial charge in [0.25, 0.3) is 0 Å². The Hall–Kier alpha value is -2.00. The van der Waals surface area contributed by atoms with Gasteiger partial charge in [0.05, 0.1) is 11.9 Å². The Kier molecular flexibility index (Phi) is 3.34. The van der Waals surface area contributed by atoms with Gasteiger partial charge < -0.3 is 4.57 Å². The molecule has 0 atom stereocenters. The van der Waals surface area contributed by atoms with E-state index in [-0.39, 0.29) is 17.0 Å². The zero-order valence-corrected chi connectivity index (χ0v) is 14.1. The maximum absolute atomic E-state index is 12.6. The molecule has 0 saturated heterocycles. The average molecular weight is 349 g/mol. The minimum Gasteiger partial charge on any atom is -0.319 e. The first-order valence-corrected chi connectivity index (χ1v) is 9.75. The molecule has 1 aliphatic carbocycles. The van der Waals surface area contributed by atoms with E-state index in [0.717, 1.165) is 23.4 Å². The smallest absolute Gasteiger partial charge is 0.228 e. The topological polar surface area (TPSA) is 82.7 Å². The van der Waals surface area contributed by atoms with Crippen LogP contribution in [-0.2, 0) is 22.6 Å². The van der Waals surface area contributed by atoms with Crippen LogP contribution in [0.15, 0.2) is 35.3 Å². The van der Waals surface area contributed by atoms with Crippen LogP contribution in [0.2, 0.25) is 0 Å². The number of rotatable bonds is 5. The van der Waals surface area contributed by atoms with Gasteiger partial charge in [-0.1, -0.05) is 0 Å². The monoisotopic (exact) mass is 349 g/mol. The van der Waals surface area contributed by atoms with Crippen molar-refractivity contribution in [1.29, 1.82) is 0 Å². The van der Waals surface area contributed by atoms with Gasteiger partial charge in [0.1, 0.15) is 10.8 Å². The van der Waals surface area contributed by atoms with Crippen LogP contribution in [0.25, 0.3) is 10.6 Å². The fourth-order valence-electron chi connectivity index (χ4n) is 2.47. The van der Waals surface area contributed by atoms with Gasteiger partial charge in [-0.05, 0) is 12.8 Å². The standard InChI is InChI=1S/C14H15N5O2S2/c1-18-7-10(6-16-18)13-17-11(8-22-13)9-23(20,21)14-15-4-5-19(14)12-2-3-12/h4-8,12H,2-3,9H2,1H3. The van der Waals surface area contributed by atoms with Crippen LogP contribution in [0.1, 0.15) is 24.6 Å². The van der Waals surface area contributed by atoms with E-state index in [4.69, 9.17) is 0 Å². The van der Waals surface area contributed by atoms with Gasteiger partial charge in [0, 0.05) is 42.6 Å². The molecule has 0 radical (unpaired) electrons. The summed E-state index contributed by atoms with van der Waals surface area (Å²) in [6, 6.07) is 0.281. The zero-order valence-electron chi connectivity index (χ0n) is 12.5. The Morgan fingerprint density at radius 1 is 1.39 bits per heavy atom. The van der Waals surface area contributed by atoms with Crippen molar-refractivity contribution in [3.05, 3.63) is 35.9 Å². The zero-order chi connectivity index (χ0) is 16.0. The summed E-state index contributed by atoms with van der Waals surface area (Å²) >= 11 is 1.42. The van der Waals surface area contributed by atoms with E-state index in [0.29, 0.717) is 5.69 Å². The van der Waals surface area contributed by atoms with Gasteiger partial charge in [-0.15, -0.1) is 11.3 Å². The second-order valence-corrected chi connectivity index (χ2v) is 8.40. The van der Waals surface area contributed by atoms with E-state index < -0.39 is 9.84 Å². The predicted octanol–water partition coefficient (Wildman–Crippen LogP) is 2.05. The van der Waals surface area contributed by atoms with Crippen LogP contribution < -0.4 is 0 Å². The number of hydrogen-bond donors (Lipinski definition) is 0. The van der Waals surface area contributed by atoms with Crippen molar-refractivity contribution < 1.29 is 8.42 Å². The molecule has 120 valence electrons. The highest BCUT2D eigenvalue weighted by atomic mass is 32.2. The third-order valence-electron chi connectivity index (χ3n) is 3.69. The lowest BCUT2D eigenvalue weighted by molar-refractivity contribution is 0.564. The van der Waals surface area contributed by atoms with Crippen LogP contribution in [0, 0.1) is 0 Å². The minimum atomic E-state index is -3.49. The molecule has 0 aliphatic heterocycles. The van der Waals surface area contributed by atoms with Gasteiger partial charge in [0.2, 0.25) is 15.0 Å². The maximum atomic E-state index is 12.6. The lowest BCUT2D eigenvalue weighted by atomic mass is 10.4. The van der Waals surface area contributed by atoms with Crippen LogP contribution in [0.3, 0.4) is 0 Å². The Bertz CT molecular complexity index is 949. The molecule has 0 N–H and O–H groups in total. The first-order chi connectivity index (χ1) is 11.0. The van der Waals surface area contributed by atoms with E-state index in [1.54, 1.807) is 33.2 Å². The van der Waals surface area contributed by atoms with Crippen molar-refractivity contribution in [2.24, 2.45) is 7.05 Å². The third-order valence-corrected chi connectivity index (χ3v) is 6.18. The van der Waals surface area contributed by atoms with Gasteiger partial charge >= 0.3 is 0 Å². The fraction of sp³-hybridized carbons (Fsp3) is 0.357. The summed E-state index contributed by atoms with van der Waals surface area (Å²) < 4.78 is 28.7. The quantitative estimate of drug-likeness (QED) is 0.704. The Morgan fingerprint density at radius 3 is 2.91 bits per heavy atom. The Morgan fingerprint density at radius 2 is 2.22 bits per heavy atom. The summed E-state index contributed by atoms with van der Waals surface area (Å²) in [4.78, 5) is 8.48. The molecule has 0 bridgehead atoms. The van der Waals surface area contributed by atoms with Crippen molar-refractivity contribution in [1.82, 2.24) is 24.3 Å². The number of sulfone groups is 1. The molecule has 0 unspecified atom stereocenters. The number of aromatic nitrogens is 5. The van der Waals surface area contributed by atoms with Crippen molar-refractivity contribution in [2.75, 3.05) is 0 Å². The Labute approximate surface area is 137 Å². The molecule has 1 aliphatic rings. The number of hydrogen-bond acceptors (Lipinski definition) is 6. The van der Waals surface area contributed by atoms with Gasteiger partial charge in [-0.25, -0.2) is 18.4 Å². The third kappa shape index (κ3) is 2.81. The predicted molar refractivity (Wildman–Crippen MR) is 85.7 cm³/mol. The normalized spacial score (nSPS) is 15.2. The molecular formula is C14H15N5O2S2. The van der Waals surface area contributed by atoms with E-state index in [2.05, 4.69) is 15.1 Å². The van der Waals surface area contributed by atoms with Crippen LogP contribution in [-0.4, -0.2) is 32.7 Å². The number of imidazole rings is 1. The van der Waals surface area contributed by atoms with E-state index in [9.17, 15) is 8.42 Å². The summed E-state index contributed by atoms with van der Waals surface area (Å²) in [5, 5.41) is 6.81. The Balaban J connectivity index is 1.60. The molecular weight excluding hydrogens is 334 g/mol. The highest BCUT2D eigenvalue weighted by molar-refractivity contribution is 7.90. The average Bonchev–Trinajstić information content (AvgIpc) is 2.93. The highest BCUT2D eigenvalue weighted by Crippen LogP contribution is 2.37. The first-order valence-electron chi connectivity index (χ1n) is 7.22. The molecule has 7 nitrogen and oxygen atoms in total. The molecule has 0 spiro atoms. The van der Waals surface area contributed by atoms with Crippen molar-refractivity contribution in [3.8, 4) is 10.6 Å². The van der Waals surface area contributed by atoms with E-state index >= 15 is 0 Å². The van der Waals surface area contributed by atoms with Crippen LogP contribution in [0.5, 0.6) is 0 Å². The van der Waals surface area contributed by atoms with Crippen LogP contribution >= 0.6 is 11.3 Å². The van der Waals surface area contributed by atoms with Crippen molar-refractivity contribution in [3.63, 3.8) is 0 Å². The largest absolute Gasteiger partial charge is 0.319 e. The second kappa shape index (κ2) is 5.27. The number of nitrogens with zero attached hydrogens (tertiary/aromatic N) is 5. The summed E-state index contributed by atoms with van der Waals surface area (Å²) in [6.45, 7) is 0. The molecule has 9 heteroatoms. The fourth-order valence-corrected chi connectivity index (χ4v) is 4.79. The lowest BCUT2D eigenvalue weighted by Crippen LogP contribution is -2.12. The molecule has 0 aromatic carbocycles. The second-order valence-electron chi connectivity index (χ2n) is 5.65. The first kappa shape index (κ1) is 14.6. The van der Waals surface area contributed by atoms with Crippen molar-refractivity contribution >= 4 is 21.2 Å². The molecule has 4 rings (SSSR count). The summed E-state index contributed by atoms with van der Waals surface area (Å²) in [5.74, 6) is -0.131. The SMILES string of the molecule is Cn1cc(-c2nc(CS(=O)(=O)c3nccn3C3CC3)cs2)cn1. The molecule has 23 heavy (non-hydrogen) atoms. The lowest BCUT2D eigenvalue weighted by Gasteiger charge is -2.05. The van der Waals surface area contributed by atoms with Gasteiger partial charge in [0.15, 0.2) is 0 Å². The van der Waals surface area contributed by atoms with Crippen LogP contribution in [0.4, 0.5) is 0 Å². The minimum absolute atomic E-state index is 0.131. The number of aryl methyl sites for hydroxylation is 1. The summed E-state index contributed by atoms with van der Waals surface area (Å²) in [5.41, 5.74) is 1.43.